The second-order valence-electron chi connectivity index (χ2n) is 8.67. The summed E-state index contributed by atoms with van der Waals surface area (Å²) in [6.07, 6.45) is 7.27. The summed E-state index contributed by atoms with van der Waals surface area (Å²) in [7, 11) is -4.49. The third-order valence-electron chi connectivity index (χ3n) is 5.29. The highest BCUT2D eigenvalue weighted by atomic mass is 32.2. The van der Waals surface area contributed by atoms with Crippen molar-refractivity contribution in [3.8, 4) is 11.5 Å². The lowest BCUT2D eigenvalue weighted by Crippen LogP contribution is -2.31. The molecule has 0 aliphatic carbocycles. The molecule has 1 aromatic carbocycles. The van der Waals surface area contributed by atoms with Crippen LogP contribution in [-0.2, 0) is 32.5 Å². The van der Waals surface area contributed by atoms with E-state index in [0.717, 1.165) is 31.3 Å². The Hall–Kier alpha value is -2.81. The first-order valence-electron chi connectivity index (χ1n) is 11.5. The molecule has 0 saturated heterocycles. The standard InChI is InChI=1S/C25H37NO7S/c1-5-6-7-11-19-16-21(27)20(13-12-18(4)10-8-9-17(2)3)24(31)25(19)34(32,33)26-22(28)14-15-23(29)30/h9,12,16,27,31H,5-8,10-11,13-15H2,1-4H3,(H,26,28)(H,29,30). The lowest BCUT2D eigenvalue weighted by atomic mass is 10.00. The number of aliphatic carboxylic acids is 1. The zero-order chi connectivity index (χ0) is 25.9. The highest BCUT2D eigenvalue weighted by molar-refractivity contribution is 7.90. The fourth-order valence-electron chi connectivity index (χ4n) is 3.42. The number of phenols is 2. The van der Waals surface area contributed by atoms with E-state index in [4.69, 9.17) is 5.11 Å². The number of rotatable bonds is 14. The minimum absolute atomic E-state index is 0.0548. The molecule has 0 atom stereocenters. The first-order valence-corrected chi connectivity index (χ1v) is 13.0. The number of nitrogens with one attached hydrogen (secondary N) is 1. The first-order chi connectivity index (χ1) is 15.9. The topological polar surface area (TPSA) is 141 Å². The van der Waals surface area contributed by atoms with E-state index in [1.807, 2.05) is 38.5 Å². The van der Waals surface area contributed by atoms with Crippen LogP contribution in [0.5, 0.6) is 11.5 Å². The molecule has 9 heteroatoms. The average Bonchev–Trinajstić information content (AvgIpc) is 2.71. The third-order valence-corrected chi connectivity index (χ3v) is 6.78. The molecule has 0 fully saturated rings. The van der Waals surface area contributed by atoms with Crippen LogP contribution in [0, 0.1) is 0 Å². The predicted octanol–water partition coefficient (Wildman–Crippen LogP) is 4.74. The molecular formula is C25H37NO7S. The number of carbonyl (C=O) groups excluding carboxylic acids is 1. The zero-order valence-corrected chi connectivity index (χ0v) is 21.3. The van der Waals surface area contributed by atoms with E-state index in [1.54, 1.807) is 0 Å². The van der Waals surface area contributed by atoms with Crippen molar-refractivity contribution in [3.63, 3.8) is 0 Å². The molecule has 1 amide bonds. The SMILES string of the molecule is CCCCCc1cc(O)c(CC=C(C)CCC=C(C)C)c(O)c1S(=O)(=O)NC(=O)CCC(=O)O. The molecule has 0 bridgehead atoms. The Morgan fingerprint density at radius 2 is 1.71 bits per heavy atom. The van der Waals surface area contributed by atoms with Gasteiger partial charge >= 0.3 is 5.97 Å². The van der Waals surface area contributed by atoms with Crippen molar-refractivity contribution in [1.82, 2.24) is 4.72 Å². The smallest absolute Gasteiger partial charge is 0.303 e. The molecule has 1 aromatic rings. The zero-order valence-electron chi connectivity index (χ0n) is 20.5. The Labute approximate surface area is 202 Å². The van der Waals surface area contributed by atoms with Crippen molar-refractivity contribution in [2.75, 3.05) is 0 Å². The van der Waals surface area contributed by atoms with Gasteiger partial charge in [0, 0.05) is 12.0 Å². The quantitative estimate of drug-likeness (QED) is 0.216. The number of carbonyl (C=O) groups is 2. The summed E-state index contributed by atoms with van der Waals surface area (Å²) >= 11 is 0. The number of amides is 1. The van der Waals surface area contributed by atoms with E-state index in [1.165, 1.54) is 11.6 Å². The van der Waals surface area contributed by atoms with E-state index in [9.17, 15) is 28.2 Å². The number of allylic oxidation sites excluding steroid dienone is 4. The van der Waals surface area contributed by atoms with Crippen LogP contribution in [-0.4, -0.2) is 35.6 Å². The number of benzene rings is 1. The van der Waals surface area contributed by atoms with Gasteiger partial charge < -0.3 is 15.3 Å². The van der Waals surface area contributed by atoms with Gasteiger partial charge in [0.15, 0.2) is 0 Å². The van der Waals surface area contributed by atoms with Crippen molar-refractivity contribution in [1.29, 1.82) is 0 Å². The van der Waals surface area contributed by atoms with Gasteiger partial charge in [-0.05, 0) is 64.5 Å². The lowest BCUT2D eigenvalue weighted by Gasteiger charge is -2.17. The molecule has 0 radical (unpaired) electrons. The second kappa shape index (κ2) is 13.8. The second-order valence-corrected chi connectivity index (χ2v) is 10.3. The molecule has 4 N–H and O–H groups in total. The molecule has 0 aliphatic rings. The Morgan fingerprint density at radius 1 is 1.03 bits per heavy atom. The fraction of sp³-hybridized carbons (Fsp3) is 0.520. The number of unbranched alkanes of at least 4 members (excludes halogenated alkanes) is 2. The maximum Gasteiger partial charge on any atom is 0.303 e. The molecule has 0 aliphatic heterocycles. The number of aryl methyl sites for hydroxylation is 1. The summed E-state index contributed by atoms with van der Waals surface area (Å²) in [5.41, 5.74) is 2.49. The molecular weight excluding hydrogens is 458 g/mol. The Morgan fingerprint density at radius 3 is 2.29 bits per heavy atom. The van der Waals surface area contributed by atoms with E-state index >= 15 is 0 Å². The monoisotopic (exact) mass is 495 g/mol. The molecule has 1 rings (SSSR count). The van der Waals surface area contributed by atoms with Gasteiger partial charge in [-0.15, -0.1) is 0 Å². The van der Waals surface area contributed by atoms with Crippen LogP contribution >= 0.6 is 0 Å². The average molecular weight is 496 g/mol. The summed E-state index contributed by atoms with van der Waals surface area (Å²) in [6, 6.07) is 1.33. The normalized spacial score (nSPS) is 11.8. The van der Waals surface area contributed by atoms with Crippen LogP contribution in [0.1, 0.15) is 83.8 Å². The fourth-order valence-corrected chi connectivity index (χ4v) is 4.81. The molecule has 190 valence electrons. The number of phenolic OH excluding ortho intramolecular Hbond substituents is 2. The minimum Gasteiger partial charge on any atom is -0.508 e. The maximum absolute atomic E-state index is 13.0. The lowest BCUT2D eigenvalue weighted by molar-refractivity contribution is -0.138. The summed E-state index contributed by atoms with van der Waals surface area (Å²) in [5.74, 6) is -3.02. The van der Waals surface area contributed by atoms with Crippen LogP contribution in [0.3, 0.4) is 0 Å². The van der Waals surface area contributed by atoms with Crippen molar-refractivity contribution >= 4 is 21.9 Å². The van der Waals surface area contributed by atoms with Gasteiger partial charge in [-0.25, -0.2) is 13.1 Å². The number of hydrogen-bond acceptors (Lipinski definition) is 6. The Balaban J connectivity index is 3.33. The largest absolute Gasteiger partial charge is 0.508 e. The van der Waals surface area contributed by atoms with Crippen LogP contribution in [0.4, 0.5) is 0 Å². The van der Waals surface area contributed by atoms with Crippen molar-refractivity contribution in [3.05, 3.63) is 40.5 Å². The molecule has 0 unspecified atom stereocenters. The highest BCUT2D eigenvalue weighted by Crippen LogP contribution is 2.38. The third kappa shape index (κ3) is 9.59. The van der Waals surface area contributed by atoms with Gasteiger partial charge in [-0.2, -0.15) is 0 Å². The molecule has 0 spiro atoms. The Kier molecular flexibility index (Phi) is 11.9. The number of carboxylic acid groups (broad SMARTS) is 1. The number of aromatic hydroxyl groups is 2. The van der Waals surface area contributed by atoms with Gasteiger partial charge in [0.25, 0.3) is 10.0 Å². The molecule has 0 heterocycles. The number of hydrogen-bond donors (Lipinski definition) is 4. The van der Waals surface area contributed by atoms with E-state index in [0.29, 0.717) is 6.42 Å². The van der Waals surface area contributed by atoms with Crippen LogP contribution in [0.25, 0.3) is 0 Å². The van der Waals surface area contributed by atoms with Crippen LogP contribution < -0.4 is 4.72 Å². The molecule has 8 nitrogen and oxygen atoms in total. The van der Waals surface area contributed by atoms with Gasteiger partial charge in [0.1, 0.15) is 16.4 Å². The van der Waals surface area contributed by atoms with E-state index < -0.39 is 45.4 Å². The number of sulfonamides is 1. The summed E-state index contributed by atoms with van der Waals surface area (Å²) in [5, 5.41) is 30.2. The van der Waals surface area contributed by atoms with Gasteiger partial charge in [0.05, 0.1) is 6.42 Å². The predicted molar refractivity (Wildman–Crippen MR) is 131 cm³/mol. The van der Waals surface area contributed by atoms with E-state index in [2.05, 4.69) is 6.08 Å². The highest BCUT2D eigenvalue weighted by Gasteiger charge is 2.28. The van der Waals surface area contributed by atoms with Crippen LogP contribution in [0.2, 0.25) is 0 Å². The first kappa shape index (κ1) is 29.2. The van der Waals surface area contributed by atoms with Crippen LogP contribution in [0.15, 0.2) is 34.3 Å². The summed E-state index contributed by atoms with van der Waals surface area (Å²) < 4.78 is 27.9. The summed E-state index contributed by atoms with van der Waals surface area (Å²) in [6.45, 7) is 7.94. The minimum atomic E-state index is -4.49. The van der Waals surface area contributed by atoms with Crippen molar-refractivity contribution < 1.29 is 33.3 Å². The molecule has 0 saturated carbocycles. The number of carboxylic acids is 1. The maximum atomic E-state index is 13.0. The van der Waals surface area contributed by atoms with Crippen molar-refractivity contribution in [2.24, 2.45) is 0 Å². The van der Waals surface area contributed by atoms with Crippen molar-refractivity contribution in [2.45, 2.75) is 90.4 Å². The molecule has 0 aromatic heterocycles. The van der Waals surface area contributed by atoms with Gasteiger partial charge in [-0.1, -0.05) is 43.1 Å². The summed E-state index contributed by atoms with van der Waals surface area (Å²) in [4.78, 5) is 22.3. The van der Waals surface area contributed by atoms with Gasteiger partial charge in [-0.3, -0.25) is 9.59 Å². The Bertz CT molecular complexity index is 1040. The van der Waals surface area contributed by atoms with E-state index in [-0.39, 0.29) is 29.7 Å². The van der Waals surface area contributed by atoms with Gasteiger partial charge in [0.2, 0.25) is 5.91 Å². The molecule has 34 heavy (non-hydrogen) atoms.